The Morgan fingerprint density at radius 2 is 1.91 bits per heavy atom. The zero-order valence-corrected chi connectivity index (χ0v) is 14.7. The number of aliphatic hydroxyl groups is 1. The second kappa shape index (κ2) is 6.51. The summed E-state index contributed by atoms with van der Waals surface area (Å²) in [6.45, 7) is 4.10. The van der Waals surface area contributed by atoms with E-state index in [1.165, 1.54) is 11.8 Å². The molecule has 1 fully saturated rings. The highest BCUT2D eigenvalue weighted by Crippen LogP contribution is 2.35. The topological polar surface area (TPSA) is 60.9 Å². The molecule has 2 atom stereocenters. The largest absolute Gasteiger partial charge is 0.387 e. The highest BCUT2D eigenvalue weighted by atomic mass is 32.2. The lowest BCUT2D eigenvalue weighted by atomic mass is 10.0. The van der Waals surface area contributed by atoms with Crippen LogP contribution in [0.2, 0.25) is 0 Å². The summed E-state index contributed by atoms with van der Waals surface area (Å²) in [6.07, 6.45) is 3.41. The summed E-state index contributed by atoms with van der Waals surface area (Å²) in [5.74, 6) is 0. The van der Waals surface area contributed by atoms with E-state index in [4.69, 9.17) is 0 Å². The quantitative estimate of drug-likeness (QED) is 0.901. The molecule has 23 heavy (non-hydrogen) atoms. The van der Waals surface area contributed by atoms with E-state index in [9.17, 15) is 13.5 Å². The summed E-state index contributed by atoms with van der Waals surface area (Å²) < 4.78 is 25.4. The molecule has 0 spiro atoms. The van der Waals surface area contributed by atoms with E-state index in [-0.39, 0.29) is 12.1 Å². The van der Waals surface area contributed by atoms with Crippen LogP contribution in [0.5, 0.6) is 0 Å². The third-order valence-electron chi connectivity index (χ3n) is 5.28. The smallest absolute Gasteiger partial charge is 0.211 e. The Kier molecular flexibility index (Phi) is 4.78. The summed E-state index contributed by atoms with van der Waals surface area (Å²) in [4.78, 5) is 2.33. The van der Waals surface area contributed by atoms with Gasteiger partial charge in [-0.3, -0.25) is 4.90 Å². The van der Waals surface area contributed by atoms with Gasteiger partial charge in [0.1, 0.15) is 0 Å². The van der Waals surface area contributed by atoms with Gasteiger partial charge < -0.3 is 5.11 Å². The lowest BCUT2D eigenvalue weighted by Crippen LogP contribution is -2.50. The van der Waals surface area contributed by atoms with Gasteiger partial charge in [0.15, 0.2) is 0 Å². The summed E-state index contributed by atoms with van der Waals surface area (Å²) in [5, 5.41) is 10.6. The number of hydrogen-bond acceptors (Lipinski definition) is 4. The second-order valence-electron chi connectivity index (χ2n) is 6.65. The van der Waals surface area contributed by atoms with Gasteiger partial charge in [0.2, 0.25) is 10.0 Å². The van der Waals surface area contributed by atoms with Gasteiger partial charge in [-0.1, -0.05) is 31.2 Å². The second-order valence-corrected chi connectivity index (χ2v) is 8.58. The maximum Gasteiger partial charge on any atom is 0.211 e. The van der Waals surface area contributed by atoms with Crippen LogP contribution in [-0.4, -0.2) is 60.7 Å². The van der Waals surface area contributed by atoms with Crippen LogP contribution in [0.4, 0.5) is 0 Å². The van der Waals surface area contributed by atoms with E-state index >= 15 is 0 Å². The Bertz CT molecular complexity index is 654. The number of hydrogen-bond donors (Lipinski definition) is 1. The number of sulfonamides is 1. The summed E-state index contributed by atoms with van der Waals surface area (Å²) in [7, 11) is -3.14. The van der Waals surface area contributed by atoms with E-state index in [0.717, 1.165) is 37.9 Å². The van der Waals surface area contributed by atoms with Gasteiger partial charge in [-0.2, -0.15) is 4.31 Å². The van der Waals surface area contributed by atoms with E-state index in [0.29, 0.717) is 6.54 Å². The van der Waals surface area contributed by atoms with Crippen molar-refractivity contribution in [2.75, 3.05) is 25.9 Å². The molecule has 6 heteroatoms. The molecule has 3 rings (SSSR count). The van der Waals surface area contributed by atoms with Crippen molar-refractivity contribution in [2.45, 2.75) is 44.4 Å². The van der Waals surface area contributed by atoms with Crippen molar-refractivity contribution >= 4 is 10.0 Å². The molecule has 0 aromatic heterocycles. The molecule has 1 aromatic carbocycles. The van der Waals surface area contributed by atoms with E-state index in [1.807, 2.05) is 25.1 Å². The first-order chi connectivity index (χ1) is 10.9. The van der Waals surface area contributed by atoms with Gasteiger partial charge in [0.05, 0.1) is 12.4 Å². The average Bonchev–Trinajstić information content (AvgIpc) is 2.85. The Morgan fingerprint density at radius 3 is 2.48 bits per heavy atom. The van der Waals surface area contributed by atoms with Gasteiger partial charge in [-0.15, -0.1) is 0 Å². The lowest BCUT2D eigenvalue weighted by Gasteiger charge is -2.40. The van der Waals surface area contributed by atoms with Crippen LogP contribution < -0.4 is 0 Å². The van der Waals surface area contributed by atoms with Crippen molar-refractivity contribution < 1.29 is 13.5 Å². The van der Waals surface area contributed by atoms with Crippen molar-refractivity contribution in [1.82, 2.24) is 9.21 Å². The third-order valence-corrected chi connectivity index (χ3v) is 6.69. The molecule has 2 unspecified atom stereocenters. The first kappa shape index (κ1) is 16.9. The van der Waals surface area contributed by atoms with Crippen LogP contribution in [0.3, 0.4) is 0 Å². The summed E-state index contributed by atoms with van der Waals surface area (Å²) >= 11 is 0. The van der Waals surface area contributed by atoms with Crippen molar-refractivity contribution in [3.8, 4) is 0 Å². The van der Waals surface area contributed by atoms with Crippen molar-refractivity contribution in [2.24, 2.45) is 0 Å². The minimum Gasteiger partial charge on any atom is -0.387 e. The number of fused-ring (bicyclic) bond motifs is 1. The van der Waals surface area contributed by atoms with Gasteiger partial charge >= 0.3 is 0 Å². The molecule has 1 saturated heterocycles. The van der Waals surface area contributed by atoms with Crippen molar-refractivity contribution in [3.05, 3.63) is 35.4 Å². The highest BCUT2D eigenvalue weighted by Gasteiger charge is 2.38. The third kappa shape index (κ3) is 3.31. The van der Waals surface area contributed by atoms with Gasteiger partial charge in [-0.05, 0) is 30.4 Å². The Hall–Kier alpha value is -0.950. The van der Waals surface area contributed by atoms with Crippen molar-refractivity contribution in [1.29, 1.82) is 0 Å². The molecule has 1 aromatic rings. The molecule has 128 valence electrons. The maximum atomic E-state index is 11.9. The molecule has 0 amide bonds. The summed E-state index contributed by atoms with van der Waals surface area (Å²) in [5.41, 5.74) is 2.28. The van der Waals surface area contributed by atoms with Gasteiger partial charge in [0, 0.05) is 31.7 Å². The number of benzene rings is 1. The van der Waals surface area contributed by atoms with Crippen LogP contribution in [0.1, 0.15) is 37.0 Å². The van der Waals surface area contributed by atoms with Crippen molar-refractivity contribution in [3.63, 3.8) is 0 Å². The molecule has 0 radical (unpaired) electrons. The van der Waals surface area contributed by atoms with Crippen LogP contribution >= 0.6 is 0 Å². The highest BCUT2D eigenvalue weighted by molar-refractivity contribution is 7.88. The maximum absolute atomic E-state index is 11.9. The molecule has 0 saturated carbocycles. The molecule has 0 bridgehead atoms. The number of aliphatic hydroxyl groups excluding tert-OH is 1. The van der Waals surface area contributed by atoms with E-state index in [2.05, 4.69) is 11.0 Å². The first-order valence-electron chi connectivity index (χ1n) is 8.38. The molecule has 2 aliphatic rings. The fourth-order valence-electron chi connectivity index (χ4n) is 4.15. The van der Waals surface area contributed by atoms with Crippen LogP contribution in [0.25, 0.3) is 0 Å². The van der Waals surface area contributed by atoms with Gasteiger partial charge in [-0.25, -0.2) is 8.42 Å². The molecular weight excluding hydrogens is 312 g/mol. The van der Waals surface area contributed by atoms with E-state index in [1.54, 1.807) is 4.31 Å². The number of piperidine rings is 1. The Balaban J connectivity index is 1.64. The molecule has 5 nitrogen and oxygen atoms in total. The Morgan fingerprint density at radius 1 is 1.26 bits per heavy atom. The molecule has 1 aliphatic carbocycles. The average molecular weight is 338 g/mol. The van der Waals surface area contributed by atoms with Crippen LogP contribution in [-0.2, 0) is 16.4 Å². The predicted octanol–water partition coefficient (Wildman–Crippen LogP) is 1.39. The number of likely N-dealkylation sites (tertiary alicyclic amines) is 1. The minimum absolute atomic E-state index is 0.0900. The minimum atomic E-state index is -3.14. The molecule has 1 aliphatic heterocycles. The van der Waals surface area contributed by atoms with Crippen LogP contribution in [0.15, 0.2) is 24.3 Å². The SMILES string of the molecule is CCN(C1CCN(C2Cc3ccccc3C2O)CC1)S(C)(=O)=O. The fourth-order valence-corrected chi connectivity index (χ4v) is 5.37. The predicted molar refractivity (Wildman–Crippen MR) is 90.7 cm³/mol. The molecule has 1 heterocycles. The summed E-state index contributed by atoms with van der Waals surface area (Å²) in [6, 6.07) is 8.31. The number of rotatable bonds is 4. The normalized spacial score (nSPS) is 26.6. The number of nitrogens with zero attached hydrogens (tertiary/aromatic N) is 2. The first-order valence-corrected chi connectivity index (χ1v) is 10.2. The zero-order valence-electron chi connectivity index (χ0n) is 13.9. The van der Waals surface area contributed by atoms with Gasteiger partial charge in [0.25, 0.3) is 0 Å². The monoisotopic (exact) mass is 338 g/mol. The van der Waals surface area contributed by atoms with E-state index < -0.39 is 16.1 Å². The fraction of sp³-hybridized carbons (Fsp3) is 0.647. The molecular formula is C17H26N2O3S. The standard InChI is InChI=1S/C17H26N2O3S/c1-3-19(23(2,21)22)14-8-10-18(11-9-14)16-12-13-6-4-5-7-15(13)17(16)20/h4-7,14,16-17,20H,3,8-12H2,1-2H3. The molecule has 1 N–H and O–H groups in total. The zero-order chi connectivity index (χ0) is 16.6. The Labute approximate surface area is 139 Å². The lowest BCUT2D eigenvalue weighted by molar-refractivity contribution is 0.0370. The van der Waals surface area contributed by atoms with Crippen LogP contribution in [0, 0.1) is 0 Å².